The molecule has 1 N–H and O–H groups in total. The Morgan fingerprint density at radius 3 is 2.52 bits per heavy atom. The fraction of sp³-hybridized carbons (Fsp3) is 0.588. The molecule has 1 aromatic carbocycles. The molecule has 1 aromatic rings. The number of carbonyl (C=O) groups excluding carboxylic acids is 1. The van der Waals surface area contributed by atoms with Crippen LogP contribution in [0.1, 0.15) is 49.3 Å². The fourth-order valence-electron chi connectivity index (χ4n) is 3.66. The number of amides is 2. The van der Waals surface area contributed by atoms with Crippen molar-refractivity contribution in [1.82, 2.24) is 10.2 Å². The van der Waals surface area contributed by atoms with Gasteiger partial charge in [0.25, 0.3) is 0 Å². The Morgan fingerprint density at radius 2 is 1.87 bits per heavy atom. The smallest absolute Gasteiger partial charge is 0.317 e. The van der Waals surface area contributed by atoms with Crippen molar-refractivity contribution in [2.24, 2.45) is 0 Å². The van der Waals surface area contributed by atoms with E-state index in [-0.39, 0.29) is 12.1 Å². The summed E-state index contributed by atoms with van der Waals surface area (Å²) in [5, 5.41) is 2.68. The minimum Gasteiger partial charge on any atom is -0.331 e. The predicted octanol–water partition coefficient (Wildman–Crippen LogP) is 2.45. The fourth-order valence-corrected chi connectivity index (χ4v) is 4.64. The Balaban J connectivity index is 1.69. The number of rotatable bonds is 2. The Bertz CT molecular complexity index is 702. The first-order chi connectivity index (χ1) is 10.9. The molecular weight excluding hydrogens is 312 g/mol. The number of urea groups is 1. The van der Waals surface area contributed by atoms with Gasteiger partial charge in [0.2, 0.25) is 0 Å². The second-order valence-corrected chi connectivity index (χ2v) is 9.12. The lowest BCUT2D eigenvalue weighted by Gasteiger charge is -2.31. The number of nitrogens with one attached hydrogen (secondary N) is 1. The number of nitrogens with zero attached hydrogens (tertiary/aromatic N) is 1. The summed E-state index contributed by atoms with van der Waals surface area (Å²) in [4.78, 5) is 14.1. The normalized spacial score (nSPS) is 27.6. The van der Waals surface area contributed by atoms with E-state index in [4.69, 9.17) is 0 Å². The van der Waals surface area contributed by atoms with E-state index < -0.39 is 15.1 Å². The zero-order valence-corrected chi connectivity index (χ0v) is 14.5. The van der Waals surface area contributed by atoms with Gasteiger partial charge in [-0.15, -0.1) is 0 Å². The van der Waals surface area contributed by atoms with Crippen LogP contribution in [0.25, 0.3) is 0 Å². The molecule has 2 amide bonds. The first-order valence-electron chi connectivity index (χ1n) is 8.19. The quantitative estimate of drug-likeness (QED) is 0.902. The van der Waals surface area contributed by atoms with Crippen LogP contribution in [0.5, 0.6) is 0 Å². The lowest BCUT2D eigenvalue weighted by atomic mass is 9.81. The Morgan fingerprint density at radius 1 is 1.17 bits per heavy atom. The molecule has 3 unspecified atom stereocenters. The first kappa shape index (κ1) is 16.3. The molecule has 0 saturated carbocycles. The van der Waals surface area contributed by atoms with Crippen LogP contribution in [0.15, 0.2) is 24.3 Å². The van der Waals surface area contributed by atoms with Gasteiger partial charge >= 0.3 is 6.03 Å². The van der Waals surface area contributed by atoms with Crippen molar-refractivity contribution in [2.75, 3.05) is 19.3 Å². The van der Waals surface area contributed by atoms with Gasteiger partial charge in [-0.25, -0.2) is 13.2 Å². The Kier molecular flexibility index (Phi) is 4.36. The maximum absolute atomic E-state index is 12.5. The van der Waals surface area contributed by atoms with Crippen LogP contribution < -0.4 is 5.32 Å². The Labute approximate surface area is 138 Å². The highest BCUT2D eigenvalue weighted by Gasteiger charge is 2.34. The minimum atomic E-state index is -3.08. The highest BCUT2D eigenvalue weighted by molar-refractivity contribution is 7.91. The van der Waals surface area contributed by atoms with Crippen LogP contribution >= 0.6 is 0 Å². The third kappa shape index (κ3) is 3.37. The molecule has 3 atom stereocenters. The number of benzene rings is 1. The van der Waals surface area contributed by atoms with E-state index in [0.29, 0.717) is 25.4 Å². The van der Waals surface area contributed by atoms with Crippen molar-refractivity contribution >= 4 is 15.9 Å². The molecule has 2 aliphatic rings. The molecule has 1 heterocycles. The van der Waals surface area contributed by atoms with Gasteiger partial charge in [0.1, 0.15) is 0 Å². The summed E-state index contributed by atoms with van der Waals surface area (Å²) >= 11 is 0. The number of sulfone groups is 1. The molecule has 126 valence electrons. The van der Waals surface area contributed by atoms with Gasteiger partial charge in [0.05, 0.1) is 11.3 Å². The molecule has 23 heavy (non-hydrogen) atoms. The van der Waals surface area contributed by atoms with Gasteiger partial charge in [-0.3, -0.25) is 0 Å². The van der Waals surface area contributed by atoms with E-state index in [9.17, 15) is 13.2 Å². The molecule has 5 nitrogen and oxygen atoms in total. The summed E-state index contributed by atoms with van der Waals surface area (Å²) in [6, 6.07) is 8.13. The summed E-state index contributed by atoms with van der Waals surface area (Å²) in [7, 11) is -3.08. The van der Waals surface area contributed by atoms with Gasteiger partial charge in [0.15, 0.2) is 9.84 Å². The largest absolute Gasteiger partial charge is 0.331 e. The second-order valence-electron chi connectivity index (χ2n) is 6.80. The van der Waals surface area contributed by atoms with Gasteiger partial charge in [0, 0.05) is 19.3 Å². The number of likely N-dealkylation sites (tertiary alicyclic amines) is 1. The lowest BCUT2D eigenvalue weighted by molar-refractivity contribution is 0.203. The number of hydrogen-bond acceptors (Lipinski definition) is 3. The highest BCUT2D eigenvalue weighted by Crippen LogP contribution is 2.37. The van der Waals surface area contributed by atoms with Crippen molar-refractivity contribution in [3.63, 3.8) is 0 Å². The molecule has 1 aliphatic heterocycles. The van der Waals surface area contributed by atoms with Crippen LogP contribution in [0.3, 0.4) is 0 Å². The number of carbonyl (C=O) groups is 1. The SMILES string of the molecule is CC1CCC(NC(=O)N2CCC(S(C)(=O)=O)C2)c2ccccc21. The zero-order valence-electron chi connectivity index (χ0n) is 13.7. The van der Waals surface area contributed by atoms with E-state index >= 15 is 0 Å². The van der Waals surface area contributed by atoms with Gasteiger partial charge in [-0.05, 0) is 36.3 Å². The Hall–Kier alpha value is -1.56. The molecule has 1 fully saturated rings. The number of hydrogen-bond donors (Lipinski definition) is 1. The maximum atomic E-state index is 12.5. The zero-order chi connectivity index (χ0) is 16.6. The van der Waals surface area contributed by atoms with Crippen molar-refractivity contribution in [1.29, 1.82) is 0 Å². The average molecular weight is 336 g/mol. The second kappa shape index (κ2) is 6.15. The molecule has 3 rings (SSSR count). The molecular formula is C17H24N2O3S. The van der Waals surface area contributed by atoms with Gasteiger partial charge in [-0.1, -0.05) is 31.2 Å². The summed E-state index contributed by atoms with van der Waals surface area (Å²) in [5.41, 5.74) is 2.50. The third-order valence-corrected chi connectivity index (χ3v) is 6.72. The summed E-state index contributed by atoms with van der Waals surface area (Å²) < 4.78 is 23.3. The summed E-state index contributed by atoms with van der Waals surface area (Å²) in [6.07, 6.45) is 3.75. The monoisotopic (exact) mass is 336 g/mol. The lowest BCUT2D eigenvalue weighted by Crippen LogP contribution is -2.42. The van der Waals surface area contributed by atoms with E-state index in [1.54, 1.807) is 4.90 Å². The summed E-state index contributed by atoms with van der Waals surface area (Å²) in [6.45, 7) is 3.03. The summed E-state index contributed by atoms with van der Waals surface area (Å²) in [5.74, 6) is 0.515. The molecule has 6 heteroatoms. The van der Waals surface area contributed by atoms with Crippen LogP contribution in [0.4, 0.5) is 4.79 Å². The van der Waals surface area contributed by atoms with E-state index in [2.05, 4.69) is 24.4 Å². The molecule has 0 aromatic heterocycles. The molecule has 0 spiro atoms. The molecule has 0 bridgehead atoms. The van der Waals surface area contributed by atoms with Crippen molar-refractivity contribution < 1.29 is 13.2 Å². The van der Waals surface area contributed by atoms with Crippen molar-refractivity contribution in [3.8, 4) is 0 Å². The first-order valence-corrected chi connectivity index (χ1v) is 10.1. The maximum Gasteiger partial charge on any atom is 0.317 e. The standard InChI is InChI=1S/C17H24N2O3S/c1-12-7-8-16(15-6-4-3-5-14(12)15)18-17(20)19-10-9-13(11-19)23(2,21)22/h3-6,12-13,16H,7-11H2,1-2H3,(H,18,20). The van der Waals surface area contributed by atoms with E-state index in [1.165, 1.54) is 17.4 Å². The van der Waals surface area contributed by atoms with Crippen molar-refractivity contribution in [3.05, 3.63) is 35.4 Å². The van der Waals surface area contributed by atoms with E-state index in [0.717, 1.165) is 12.8 Å². The molecule has 1 aliphatic carbocycles. The van der Waals surface area contributed by atoms with Crippen LogP contribution in [0, 0.1) is 0 Å². The highest BCUT2D eigenvalue weighted by atomic mass is 32.2. The number of fused-ring (bicyclic) bond motifs is 1. The third-order valence-electron chi connectivity index (χ3n) is 5.13. The molecule has 1 saturated heterocycles. The van der Waals surface area contributed by atoms with Crippen LogP contribution in [-0.4, -0.2) is 43.9 Å². The van der Waals surface area contributed by atoms with Gasteiger partial charge < -0.3 is 10.2 Å². The molecule has 0 radical (unpaired) electrons. The average Bonchev–Trinajstić information content (AvgIpc) is 3.00. The van der Waals surface area contributed by atoms with E-state index in [1.807, 2.05) is 12.1 Å². The topological polar surface area (TPSA) is 66.5 Å². The van der Waals surface area contributed by atoms with Crippen LogP contribution in [-0.2, 0) is 9.84 Å². The van der Waals surface area contributed by atoms with Crippen molar-refractivity contribution in [2.45, 2.75) is 43.4 Å². The minimum absolute atomic E-state index is 0.0205. The predicted molar refractivity (Wildman–Crippen MR) is 90.2 cm³/mol. The van der Waals surface area contributed by atoms with Gasteiger partial charge in [-0.2, -0.15) is 0 Å². The van der Waals surface area contributed by atoms with Crippen LogP contribution in [0.2, 0.25) is 0 Å².